The largest absolute Gasteiger partial charge is 0.481 e. The molecule has 0 spiro atoms. The van der Waals surface area contributed by atoms with Gasteiger partial charge in [-0.05, 0) is 12.1 Å². The number of nitrogens with one attached hydrogen (secondary N) is 1. The van der Waals surface area contributed by atoms with Gasteiger partial charge in [-0.15, -0.1) is 4.40 Å². The van der Waals surface area contributed by atoms with Crippen molar-refractivity contribution in [1.82, 2.24) is 0 Å². The second kappa shape index (κ2) is 4.99. The van der Waals surface area contributed by atoms with Crippen LogP contribution in [0.15, 0.2) is 33.6 Å². The number of hydrogen-bond acceptors (Lipinski definition) is 5. The summed E-state index contributed by atoms with van der Waals surface area (Å²) in [6, 6.07) is 6.45. The molecular weight excluding hydrogens is 276 g/mol. The van der Waals surface area contributed by atoms with E-state index < -0.39 is 16.0 Å². The number of benzene rings is 1. The molecule has 0 unspecified atom stereocenters. The van der Waals surface area contributed by atoms with E-state index in [0.717, 1.165) is 11.8 Å². The van der Waals surface area contributed by atoms with Gasteiger partial charge in [0.1, 0.15) is 4.90 Å². The fourth-order valence-electron chi connectivity index (χ4n) is 1.39. The zero-order chi connectivity index (χ0) is 13.2. The average molecular weight is 286 g/mol. The highest BCUT2D eigenvalue weighted by Crippen LogP contribution is 2.28. The minimum atomic E-state index is -3.68. The second-order valence-electron chi connectivity index (χ2n) is 3.48. The Morgan fingerprint density at radius 1 is 1.39 bits per heavy atom. The topological polar surface area (TPSA) is 95.8 Å². The molecule has 0 saturated heterocycles. The van der Waals surface area contributed by atoms with Crippen LogP contribution in [0.2, 0.25) is 0 Å². The molecule has 1 aromatic rings. The normalized spacial score (nSPS) is 16.3. The van der Waals surface area contributed by atoms with Crippen LogP contribution in [-0.2, 0) is 14.8 Å². The van der Waals surface area contributed by atoms with Crippen LogP contribution in [0.25, 0.3) is 0 Å². The van der Waals surface area contributed by atoms with Crippen LogP contribution >= 0.6 is 11.8 Å². The van der Waals surface area contributed by atoms with Crippen LogP contribution in [0.3, 0.4) is 0 Å². The van der Waals surface area contributed by atoms with Crippen LogP contribution in [0.4, 0.5) is 5.69 Å². The number of para-hydroxylation sites is 1. The molecule has 0 bridgehead atoms. The Bertz CT molecular complexity index is 610. The maximum atomic E-state index is 11.8. The van der Waals surface area contributed by atoms with Crippen molar-refractivity contribution in [1.29, 1.82) is 0 Å². The summed E-state index contributed by atoms with van der Waals surface area (Å²) in [6.07, 6.45) is -0.0486. The van der Waals surface area contributed by atoms with Gasteiger partial charge in [0.15, 0.2) is 5.17 Å². The van der Waals surface area contributed by atoms with E-state index in [9.17, 15) is 13.2 Å². The van der Waals surface area contributed by atoms with E-state index in [1.807, 2.05) is 0 Å². The van der Waals surface area contributed by atoms with Gasteiger partial charge >= 0.3 is 5.97 Å². The third kappa shape index (κ3) is 2.82. The van der Waals surface area contributed by atoms with E-state index in [2.05, 4.69) is 9.71 Å². The first-order valence-corrected chi connectivity index (χ1v) is 7.47. The van der Waals surface area contributed by atoms with Crippen molar-refractivity contribution >= 4 is 38.6 Å². The molecule has 0 amide bonds. The van der Waals surface area contributed by atoms with E-state index in [4.69, 9.17) is 5.11 Å². The third-order valence-electron chi connectivity index (χ3n) is 2.16. The number of fused-ring (bicyclic) bond motifs is 1. The standard InChI is InChI=1S/C10H10N2O4S2/c13-9(14)5-6-17-10-11-7-3-1-2-4-8(7)18(15,16)12-10/h1-4H,5-6H2,(H,11,12)(H,13,14). The molecule has 1 aliphatic heterocycles. The summed E-state index contributed by atoms with van der Waals surface area (Å²) in [5.41, 5.74) is 0.463. The van der Waals surface area contributed by atoms with Crippen molar-refractivity contribution in [2.45, 2.75) is 11.3 Å². The van der Waals surface area contributed by atoms with Crippen molar-refractivity contribution in [2.24, 2.45) is 4.40 Å². The predicted octanol–water partition coefficient (Wildman–Crippen LogP) is 1.36. The van der Waals surface area contributed by atoms with Crippen molar-refractivity contribution in [3.8, 4) is 0 Å². The summed E-state index contributed by atoms with van der Waals surface area (Å²) < 4.78 is 27.2. The second-order valence-corrected chi connectivity index (χ2v) is 6.14. The third-order valence-corrected chi connectivity index (χ3v) is 4.49. The van der Waals surface area contributed by atoms with Gasteiger partial charge in [-0.1, -0.05) is 23.9 Å². The first-order valence-electron chi connectivity index (χ1n) is 5.05. The Kier molecular flexibility index (Phi) is 3.58. The van der Waals surface area contributed by atoms with Gasteiger partial charge in [0, 0.05) is 5.75 Å². The molecule has 6 nitrogen and oxygen atoms in total. The Hall–Kier alpha value is -1.54. The molecule has 1 aromatic carbocycles. The van der Waals surface area contributed by atoms with E-state index in [-0.39, 0.29) is 22.2 Å². The molecule has 0 fully saturated rings. The van der Waals surface area contributed by atoms with Gasteiger partial charge in [-0.3, -0.25) is 4.79 Å². The summed E-state index contributed by atoms with van der Waals surface area (Å²) in [5, 5.41) is 11.6. The number of amidine groups is 1. The highest BCUT2D eigenvalue weighted by Gasteiger charge is 2.24. The fraction of sp³-hybridized carbons (Fsp3) is 0.200. The van der Waals surface area contributed by atoms with Crippen LogP contribution in [0, 0.1) is 0 Å². The Labute approximate surface area is 108 Å². The van der Waals surface area contributed by atoms with E-state index in [0.29, 0.717) is 5.69 Å². The van der Waals surface area contributed by atoms with E-state index in [1.165, 1.54) is 6.07 Å². The molecule has 1 heterocycles. The zero-order valence-electron chi connectivity index (χ0n) is 9.16. The van der Waals surface area contributed by atoms with Gasteiger partial charge in [0.25, 0.3) is 10.0 Å². The van der Waals surface area contributed by atoms with Gasteiger partial charge in [-0.25, -0.2) is 0 Å². The summed E-state index contributed by atoms with van der Waals surface area (Å²) >= 11 is 1.07. The van der Waals surface area contributed by atoms with Crippen molar-refractivity contribution in [3.63, 3.8) is 0 Å². The Morgan fingerprint density at radius 3 is 2.83 bits per heavy atom. The lowest BCUT2D eigenvalue weighted by molar-refractivity contribution is -0.136. The number of nitrogens with zero attached hydrogens (tertiary/aromatic N) is 1. The molecule has 2 rings (SSSR count). The van der Waals surface area contributed by atoms with Crippen LogP contribution in [-0.4, -0.2) is 30.4 Å². The number of carboxylic acid groups (broad SMARTS) is 1. The van der Waals surface area contributed by atoms with Crippen LogP contribution in [0.1, 0.15) is 6.42 Å². The van der Waals surface area contributed by atoms with E-state index >= 15 is 0 Å². The number of anilines is 1. The monoisotopic (exact) mass is 286 g/mol. The summed E-state index contributed by atoms with van der Waals surface area (Å²) in [4.78, 5) is 10.5. The zero-order valence-corrected chi connectivity index (χ0v) is 10.8. The average Bonchev–Trinajstić information content (AvgIpc) is 2.27. The number of sulfonamides is 1. The van der Waals surface area contributed by atoms with Crippen molar-refractivity contribution in [3.05, 3.63) is 24.3 Å². The molecule has 0 radical (unpaired) electrons. The molecule has 2 N–H and O–H groups in total. The maximum absolute atomic E-state index is 11.8. The number of hydrogen-bond donors (Lipinski definition) is 2. The smallest absolute Gasteiger partial charge is 0.304 e. The number of carboxylic acids is 1. The van der Waals surface area contributed by atoms with E-state index in [1.54, 1.807) is 18.2 Å². The number of thioether (sulfide) groups is 1. The highest BCUT2D eigenvalue weighted by atomic mass is 32.2. The Balaban J connectivity index is 2.18. The number of aliphatic carboxylic acids is 1. The first kappa shape index (κ1) is 12.9. The lowest BCUT2D eigenvalue weighted by Crippen LogP contribution is -2.19. The minimum Gasteiger partial charge on any atom is -0.481 e. The minimum absolute atomic E-state index is 0.0486. The summed E-state index contributed by atoms with van der Waals surface area (Å²) in [5.74, 6) is -0.666. The van der Waals surface area contributed by atoms with Crippen molar-refractivity contribution < 1.29 is 18.3 Å². The maximum Gasteiger partial charge on any atom is 0.304 e. The predicted molar refractivity (Wildman–Crippen MR) is 69.4 cm³/mol. The fourth-order valence-corrected chi connectivity index (χ4v) is 3.56. The Morgan fingerprint density at radius 2 is 2.11 bits per heavy atom. The molecule has 96 valence electrons. The van der Waals surface area contributed by atoms with Crippen LogP contribution in [0.5, 0.6) is 0 Å². The van der Waals surface area contributed by atoms with Gasteiger partial charge in [-0.2, -0.15) is 8.42 Å². The molecule has 0 saturated carbocycles. The quantitative estimate of drug-likeness (QED) is 0.871. The molecule has 8 heteroatoms. The number of rotatable bonds is 3. The molecule has 0 atom stereocenters. The van der Waals surface area contributed by atoms with Crippen molar-refractivity contribution in [2.75, 3.05) is 11.1 Å². The number of carbonyl (C=O) groups is 1. The molecule has 0 aliphatic carbocycles. The van der Waals surface area contributed by atoms with Gasteiger partial charge < -0.3 is 10.4 Å². The van der Waals surface area contributed by atoms with Crippen LogP contribution < -0.4 is 5.32 Å². The first-order chi connectivity index (χ1) is 8.49. The highest BCUT2D eigenvalue weighted by molar-refractivity contribution is 8.14. The lowest BCUT2D eigenvalue weighted by atomic mass is 10.3. The molecular formula is C10H10N2O4S2. The molecule has 1 aliphatic rings. The SMILES string of the molecule is O=C(O)CCSC1=NS(=O)(=O)c2ccccc2N1. The molecule has 0 aromatic heterocycles. The van der Waals surface area contributed by atoms with Gasteiger partial charge in [0.05, 0.1) is 12.1 Å². The summed E-state index contributed by atoms with van der Waals surface area (Å²) in [6.45, 7) is 0. The molecule has 18 heavy (non-hydrogen) atoms. The lowest BCUT2D eigenvalue weighted by Gasteiger charge is -2.16. The summed E-state index contributed by atoms with van der Waals surface area (Å²) in [7, 11) is -3.68. The van der Waals surface area contributed by atoms with Gasteiger partial charge in [0.2, 0.25) is 0 Å².